The Morgan fingerprint density at radius 3 is 2.28 bits per heavy atom. The van der Waals surface area contributed by atoms with E-state index in [-0.39, 0.29) is 11.6 Å². The number of carbonyl (C=O) groups is 1. The van der Waals surface area contributed by atoms with Crippen molar-refractivity contribution in [3.8, 4) is 0 Å². The molecule has 0 spiro atoms. The number of carbonyl (C=O) groups excluding carboxylic acids is 1. The third-order valence-electron chi connectivity index (χ3n) is 3.68. The summed E-state index contributed by atoms with van der Waals surface area (Å²) >= 11 is 0. The molecule has 25 heavy (non-hydrogen) atoms. The zero-order valence-corrected chi connectivity index (χ0v) is 14.6. The molecule has 8 heteroatoms. The van der Waals surface area contributed by atoms with Crippen LogP contribution in [-0.4, -0.2) is 34.2 Å². The molecular weight excluding hydrogens is 350 g/mol. The summed E-state index contributed by atoms with van der Waals surface area (Å²) in [6.07, 6.45) is 0. The topological polar surface area (TPSA) is 66.5 Å². The summed E-state index contributed by atoms with van der Waals surface area (Å²) in [5.74, 6) is -3.69. The van der Waals surface area contributed by atoms with Crippen LogP contribution in [0, 0.1) is 0 Å². The predicted octanol–water partition coefficient (Wildman–Crippen LogP) is 2.68. The van der Waals surface area contributed by atoms with Crippen molar-refractivity contribution in [2.45, 2.75) is 17.2 Å². The average Bonchev–Trinajstić information content (AvgIpc) is 2.61. The maximum atomic E-state index is 12.9. The van der Waals surface area contributed by atoms with Crippen LogP contribution in [0.3, 0.4) is 0 Å². The number of alkyl halides is 2. The van der Waals surface area contributed by atoms with E-state index in [9.17, 15) is 22.0 Å². The summed E-state index contributed by atoms with van der Waals surface area (Å²) in [5.41, 5.74) is 1.49. The van der Waals surface area contributed by atoms with Gasteiger partial charge in [-0.2, -0.15) is 8.78 Å². The summed E-state index contributed by atoms with van der Waals surface area (Å²) in [6.45, 7) is 0.295. The van der Waals surface area contributed by atoms with Crippen LogP contribution in [0.2, 0.25) is 0 Å². The number of amides is 1. The van der Waals surface area contributed by atoms with Crippen molar-refractivity contribution < 1.29 is 22.0 Å². The van der Waals surface area contributed by atoms with Gasteiger partial charge in [0.2, 0.25) is 9.84 Å². The van der Waals surface area contributed by atoms with E-state index < -0.39 is 20.5 Å². The van der Waals surface area contributed by atoms with Crippen LogP contribution >= 0.6 is 0 Å². The molecule has 1 amide bonds. The maximum absolute atomic E-state index is 12.9. The highest BCUT2D eigenvalue weighted by molar-refractivity contribution is 7.91. The smallest absolute Gasteiger partial charge is 0.341 e. The fourth-order valence-corrected chi connectivity index (χ4v) is 3.35. The number of rotatable bonds is 6. The maximum Gasteiger partial charge on any atom is 0.341 e. The lowest BCUT2D eigenvalue weighted by atomic mass is 10.1. The van der Waals surface area contributed by atoms with Crippen LogP contribution in [0.15, 0.2) is 53.4 Å². The number of hydrogen-bond donors (Lipinski definition) is 1. The van der Waals surface area contributed by atoms with Crippen molar-refractivity contribution in [3.63, 3.8) is 0 Å². The van der Waals surface area contributed by atoms with E-state index in [1.54, 1.807) is 42.3 Å². The van der Waals surface area contributed by atoms with Crippen molar-refractivity contribution in [2.24, 2.45) is 0 Å². The van der Waals surface area contributed by atoms with Crippen LogP contribution in [0.4, 0.5) is 14.5 Å². The Bertz CT molecular complexity index is 852. The molecule has 0 heterocycles. The Morgan fingerprint density at radius 2 is 1.72 bits per heavy atom. The van der Waals surface area contributed by atoms with Gasteiger partial charge < -0.3 is 10.2 Å². The molecule has 0 aliphatic carbocycles. The third-order valence-corrected chi connectivity index (χ3v) is 5.11. The van der Waals surface area contributed by atoms with Crippen LogP contribution < -0.4 is 10.2 Å². The zero-order chi connectivity index (χ0) is 18.6. The zero-order valence-electron chi connectivity index (χ0n) is 13.7. The second kappa shape index (κ2) is 7.60. The second-order valence-electron chi connectivity index (χ2n) is 5.41. The van der Waals surface area contributed by atoms with E-state index in [1.165, 1.54) is 25.2 Å². The number of hydrogen-bond acceptors (Lipinski definition) is 4. The Labute approximate surface area is 145 Å². The summed E-state index contributed by atoms with van der Waals surface area (Å²) in [6, 6.07) is 12.4. The van der Waals surface area contributed by atoms with Gasteiger partial charge in [0.1, 0.15) is 0 Å². The van der Waals surface area contributed by atoms with Crippen molar-refractivity contribution in [2.75, 3.05) is 19.0 Å². The van der Waals surface area contributed by atoms with E-state index >= 15 is 0 Å². The number of nitrogens with zero attached hydrogens (tertiary/aromatic N) is 1. The fraction of sp³-hybridized carbons (Fsp3) is 0.235. The molecule has 0 unspecified atom stereocenters. The van der Waals surface area contributed by atoms with E-state index in [0.717, 1.165) is 5.56 Å². The van der Waals surface area contributed by atoms with Crippen LogP contribution in [0.25, 0.3) is 0 Å². The molecule has 5 nitrogen and oxygen atoms in total. The molecule has 0 fully saturated rings. The Morgan fingerprint density at radius 1 is 1.12 bits per heavy atom. The normalized spacial score (nSPS) is 11.4. The summed E-state index contributed by atoms with van der Waals surface area (Å²) < 4.78 is 49.4. The fourth-order valence-electron chi connectivity index (χ4n) is 2.37. The van der Waals surface area contributed by atoms with Crippen LogP contribution in [0.1, 0.15) is 15.9 Å². The first-order chi connectivity index (χ1) is 11.8. The largest absolute Gasteiger partial charge is 0.369 e. The van der Waals surface area contributed by atoms with Gasteiger partial charge in [-0.15, -0.1) is 0 Å². The molecule has 0 aromatic heterocycles. The molecule has 0 bridgehead atoms. The highest BCUT2D eigenvalue weighted by Gasteiger charge is 2.29. The molecule has 2 aromatic carbocycles. The first-order valence-corrected chi connectivity index (χ1v) is 8.95. The predicted molar refractivity (Wildman–Crippen MR) is 91.6 cm³/mol. The molecule has 1 N–H and O–H groups in total. The quantitative estimate of drug-likeness (QED) is 0.851. The van der Waals surface area contributed by atoms with Gasteiger partial charge >= 0.3 is 5.76 Å². The van der Waals surface area contributed by atoms with E-state index in [0.29, 0.717) is 12.1 Å². The first kappa shape index (κ1) is 18.9. The molecule has 0 radical (unpaired) electrons. The van der Waals surface area contributed by atoms with Gasteiger partial charge in [-0.25, -0.2) is 8.42 Å². The SMILES string of the molecule is CNC(=O)c1ccc(CN(C)c2ccccc2S(=O)(=O)C(F)F)cc1. The van der Waals surface area contributed by atoms with Crippen molar-refractivity contribution in [3.05, 3.63) is 59.7 Å². The minimum atomic E-state index is -4.69. The molecule has 134 valence electrons. The van der Waals surface area contributed by atoms with Gasteiger partial charge in [-0.05, 0) is 29.8 Å². The Balaban J connectivity index is 2.28. The Kier molecular flexibility index (Phi) is 5.73. The molecule has 0 saturated carbocycles. The highest BCUT2D eigenvalue weighted by Crippen LogP contribution is 2.29. The van der Waals surface area contributed by atoms with Gasteiger partial charge in [0.15, 0.2) is 0 Å². The minimum Gasteiger partial charge on any atom is -0.369 e. The summed E-state index contributed by atoms with van der Waals surface area (Å²) in [5, 5.41) is 2.51. The van der Waals surface area contributed by atoms with E-state index in [2.05, 4.69) is 5.32 Å². The molecule has 0 aliphatic rings. The van der Waals surface area contributed by atoms with Gasteiger partial charge in [-0.3, -0.25) is 4.79 Å². The first-order valence-electron chi connectivity index (χ1n) is 7.40. The summed E-state index contributed by atoms with van der Waals surface area (Å²) in [4.78, 5) is 12.7. The lowest BCUT2D eigenvalue weighted by molar-refractivity contribution is 0.0963. The molecule has 2 rings (SSSR count). The number of sulfone groups is 1. The monoisotopic (exact) mass is 368 g/mol. The highest BCUT2D eigenvalue weighted by atomic mass is 32.2. The second-order valence-corrected chi connectivity index (χ2v) is 7.29. The van der Waals surface area contributed by atoms with E-state index in [1.807, 2.05) is 0 Å². The molecule has 0 saturated heterocycles. The minimum absolute atomic E-state index is 0.193. The van der Waals surface area contributed by atoms with Crippen molar-refractivity contribution >= 4 is 21.4 Å². The Hall–Kier alpha value is -2.48. The molecule has 2 aromatic rings. The number of para-hydroxylation sites is 1. The van der Waals surface area contributed by atoms with Gasteiger partial charge in [0.25, 0.3) is 5.91 Å². The number of nitrogens with one attached hydrogen (secondary N) is 1. The lowest BCUT2D eigenvalue weighted by Crippen LogP contribution is -2.21. The van der Waals surface area contributed by atoms with Gasteiger partial charge in [0.05, 0.1) is 10.6 Å². The molecular formula is C17H18F2N2O3S. The molecule has 0 atom stereocenters. The molecule has 0 aliphatic heterocycles. The van der Waals surface area contributed by atoms with Crippen molar-refractivity contribution in [1.29, 1.82) is 0 Å². The summed E-state index contributed by atoms with van der Waals surface area (Å²) in [7, 11) is -1.54. The van der Waals surface area contributed by atoms with Crippen molar-refractivity contribution in [1.82, 2.24) is 5.32 Å². The standard InChI is InChI=1S/C17H18F2N2O3S/c1-20-16(22)13-9-7-12(8-10-13)11-21(2)14-5-3-4-6-15(14)25(23,24)17(18)19/h3-10,17H,11H2,1-2H3,(H,20,22). The lowest BCUT2D eigenvalue weighted by Gasteiger charge is -2.22. The number of anilines is 1. The van der Waals surface area contributed by atoms with Crippen LogP contribution in [0.5, 0.6) is 0 Å². The van der Waals surface area contributed by atoms with Crippen LogP contribution in [-0.2, 0) is 16.4 Å². The number of benzene rings is 2. The average molecular weight is 368 g/mol. The third kappa shape index (κ3) is 4.14. The van der Waals surface area contributed by atoms with Gasteiger partial charge in [0, 0.05) is 26.2 Å². The number of halogens is 2. The van der Waals surface area contributed by atoms with E-state index in [4.69, 9.17) is 0 Å². The van der Waals surface area contributed by atoms with Gasteiger partial charge in [-0.1, -0.05) is 24.3 Å².